The van der Waals surface area contributed by atoms with Crippen molar-refractivity contribution in [2.45, 2.75) is 20.0 Å². The number of nitrogens with one attached hydrogen (secondary N) is 1. The van der Waals surface area contributed by atoms with Crippen LogP contribution < -0.4 is 16.0 Å². The van der Waals surface area contributed by atoms with Gasteiger partial charge in [0.1, 0.15) is 0 Å². The van der Waals surface area contributed by atoms with E-state index in [2.05, 4.69) is 0 Å². The monoisotopic (exact) mass is 303 g/mol. The Bertz CT molecular complexity index is 540. The van der Waals surface area contributed by atoms with Crippen LogP contribution >= 0.6 is 0 Å². The van der Waals surface area contributed by atoms with Crippen molar-refractivity contribution in [1.29, 1.82) is 0 Å². The Morgan fingerprint density at radius 2 is 1.81 bits per heavy atom. The molecule has 21 heavy (non-hydrogen) atoms. The van der Waals surface area contributed by atoms with Crippen LogP contribution in [0.25, 0.3) is 0 Å². The van der Waals surface area contributed by atoms with Crippen molar-refractivity contribution in [3.05, 3.63) is 23.8 Å². The van der Waals surface area contributed by atoms with Crippen molar-refractivity contribution in [3.63, 3.8) is 0 Å². The summed E-state index contributed by atoms with van der Waals surface area (Å²) < 4.78 is 36.6. The van der Waals surface area contributed by atoms with Crippen molar-refractivity contribution in [1.82, 2.24) is 0 Å². The fourth-order valence-corrected chi connectivity index (χ4v) is 1.85. The first kappa shape index (κ1) is 16.8. The third-order valence-electron chi connectivity index (χ3n) is 2.88. The topological polar surface area (TPSA) is 75.4 Å². The Hall–Kier alpha value is -2.25. The Labute approximate surface area is 119 Å². The number of primary amides is 1. The highest BCUT2D eigenvalue weighted by Gasteiger charge is 2.38. The summed E-state index contributed by atoms with van der Waals surface area (Å²) in [6.07, 6.45) is -5.00. The zero-order valence-electron chi connectivity index (χ0n) is 11.6. The number of nitrogens with two attached hydrogens (primary N) is 1. The van der Waals surface area contributed by atoms with E-state index in [0.717, 1.165) is 6.07 Å². The van der Waals surface area contributed by atoms with Gasteiger partial charge in [-0.05, 0) is 32.0 Å². The summed E-state index contributed by atoms with van der Waals surface area (Å²) >= 11 is 0. The molecule has 3 N–H and O–H groups in total. The van der Waals surface area contributed by atoms with E-state index in [1.54, 1.807) is 5.32 Å². The van der Waals surface area contributed by atoms with Crippen LogP contribution in [0.1, 0.15) is 24.2 Å². The summed E-state index contributed by atoms with van der Waals surface area (Å²) in [6.45, 7) is 4.94. The molecule has 0 radical (unpaired) electrons. The van der Waals surface area contributed by atoms with Gasteiger partial charge in [-0.3, -0.25) is 9.59 Å². The molecule has 0 spiro atoms. The number of benzene rings is 1. The predicted molar refractivity (Wildman–Crippen MR) is 73.2 cm³/mol. The average Bonchev–Trinajstić information content (AvgIpc) is 2.40. The van der Waals surface area contributed by atoms with Crippen molar-refractivity contribution in [2.24, 2.45) is 5.73 Å². The molecule has 0 saturated heterocycles. The molecular formula is C13H16F3N3O2. The SMILES string of the molecule is CCN(CC)c1ccc(NC(=O)C(F)(F)F)cc1C(N)=O. The number of rotatable bonds is 5. The summed E-state index contributed by atoms with van der Waals surface area (Å²) in [7, 11) is 0. The van der Waals surface area contributed by atoms with E-state index in [0.29, 0.717) is 18.8 Å². The highest BCUT2D eigenvalue weighted by Crippen LogP contribution is 2.25. The Morgan fingerprint density at radius 1 is 1.24 bits per heavy atom. The standard InChI is InChI=1S/C13H16F3N3O2/c1-3-19(4-2)10-6-5-8(7-9(10)11(17)20)18-12(21)13(14,15)16/h5-7H,3-4H2,1-2H3,(H2,17,20)(H,18,21). The minimum Gasteiger partial charge on any atom is -0.371 e. The number of anilines is 2. The molecule has 0 unspecified atom stereocenters. The first-order valence-electron chi connectivity index (χ1n) is 6.27. The minimum atomic E-state index is -5.00. The summed E-state index contributed by atoms with van der Waals surface area (Å²) in [6, 6.07) is 3.89. The number of alkyl halides is 3. The zero-order chi connectivity index (χ0) is 16.2. The predicted octanol–water partition coefficient (Wildman–Crippen LogP) is 2.13. The van der Waals surface area contributed by atoms with Crippen molar-refractivity contribution < 1.29 is 22.8 Å². The van der Waals surface area contributed by atoms with Gasteiger partial charge >= 0.3 is 12.1 Å². The average molecular weight is 303 g/mol. The molecule has 8 heteroatoms. The summed E-state index contributed by atoms with van der Waals surface area (Å²) in [5.41, 5.74) is 5.68. The first-order valence-corrected chi connectivity index (χ1v) is 6.27. The third-order valence-corrected chi connectivity index (χ3v) is 2.88. The molecule has 2 amide bonds. The number of hydrogen-bond acceptors (Lipinski definition) is 3. The van der Waals surface area contributed by atoms with Crippen LogP contribution in [-0.4, -0.2) is 31.1 Å². The lowest BCUT2D eigenvalue weighted by Crippen LogP contribution is -2.30. The molecule has 0 aliphatic heterocycles. The maximum absolute atomic E-state index is 12.2. The molecule has 5 nitrogen and oxygen atoms in total. The molecule has 1 aromatic carbocycles. The molecule has 0 fully saturated rings. The molecule has 1 aromatic rings. The largest absolute Gasteiger partial charge is 0.471 e. The van der Waals surface area contributed by atoms with Crippen LogP contribution in [0, 0.1) is 0 Å². The van der Waals surface area contributed by atoms with E-state index in [4.69, 9.17) is 5.73 Å². The number of halogens is 3. The van der Waals surface area contributed by atoms with Gasteiger partial charge in [0.05, 0.1) is 5.56 Å². The number of carbonyl (C=O) groups excluding carboxylic acids is 2. The maximum atomic E-state index is 12.2. The second-order valence-electron chi connectivity index (χ2n) is 4.22. The Kier molecular flexibility index (Phi) is 5.17. The second kappa shape index (κ2) is 6.47. The lowest BCUT2D eigenvalue weighted by atomic mass is 10.1. The van der Waals surface area contributed by atoms with E-state index in [1.807, 2.05) is 18.7 Å². The number of hydrogen-bond donors (Lipinski definition) is 2. The molecule has 0 aromatic heterocycles. The number of carbonyl (C=O) groups is 2. The summed E-state index contributed by atoms with van der Waals surface area (Å²) in [5, 5.41) is 1.69. The lowest BCUT2D eigenvalue weighted by Gasteiger charge is -2.23. The van der Waals surface area contributed by atoms with Crippen molar-refractivity contribution >= 4 is 23.2 Å². The minimum absolute atomic E-state index is 0.0543. The van der Waals surface area contributed by atoms with E-state index in [1.165, 1.54) is 12.1 Å². The normalized spacial score (nSPS) is 11.1. The number of amides is 2. The Balaban J connectivity index is 3.15. The highest BCUT2D eigenvalue weighted by atomic mass is 19.4. The summed E-state index contributed by atoms with van der Waals surface area (Å²) in [5.74, 6) is -2.88. The van der Waals surface area contributed by atoms with Gasteiger partial charge in [0.15, 0.2) is 0 Å². The van der Waals surface area contributed by atoms with Gasteiger partial charge in [0.25, 0.3) is 5.91 Å². The fraction of sp³-hybridized carbons (Fsp3) is 0.385. The lowest BCUT2D eigenvalue weighted by molar-refractivity contribution is -0.167. The van der Waals surface area contributed by atoms with Gasteiger partial charge in [-0.15, -0.1) is 0 Å². The first-order chi connectivity index (χ1) is 9.70. The summed E-state index contributed by atoms with van der Waals surface area (Å²) in [4.78, 5) is 24.2. The van der Waals surface area contributed by atoms with Gasteiger partial charge in [0.2, 0.25) is 0 Å². The molecule has 0 aliphatic carbocycles. The van der Waals surface area contributed by atoms with Crippen molar-refractivity contribution in [2.75, 3.05) is 23.3 Å². The van der Waals surface area contributed by atoms with Crippen LogP contribution in [0.2, 0.25) is 0 Å². The molecule has 0 heterocycles. The van der Waals surface area contributed by atoms with Crippen LogP contribution in [0.3, 0.4) is 0 Å². The Morgan fingerprint density at radius 3 is 2.24 bits per heavy atom. The zero-order valence-corrected chi connectivity index (χ0v) is 11.6. The molecule has 1 rings (SSSR count). The molecular weight excluding hydrogens is 287 g/mol. The van der Waals surface area contributed by atoms with E-state index >= 15 is 0 Å². The quantitative estimate of drug-likeness (QED) is 0.875. The third kappa shape index (κ3) is 4.11. The second-order valence-corrected chi connectivity index (χ2v) is 4.22. The highest BCUT2D eigenvalue weighted by molar-refractivity contribution is 6.01. The van der Waals surface area contributed by atoms with Crippen LogP contribution in [0.4, 0.5) is 24.5 Å². The maximum Gasteiger partial charge on any atom is 0.471 e. The van der Waals surface area contributed by atoms with Crippen LogP contribution in [0.5, 0.6) is 0 Å². The van der Waals surface area contributed by atoms with E-state index in [-0.39, 0.29) is 11.3 Å². The molecule has 0 bridgehead atoms. The van der Waals surface area contributed by atoms with Crippen LogP contribution in [-0.2, 0) is 4.79 Å². The molecule has 0 atom stereocenters. The van der Waals surface area contributed by atoms with Crippen LogP contribution in [0.15, 0.2) is 18.2 Å². The fourth-order valence-electron chi connectivity index (χ4n) is 1.85. The van der Waals surface area contributed by atoms with Crippen molar-refractivity contribution in [3.8, 4) is 0 Å². The van der Waals surface area contributed by atoms with Gasteiger partial charge < -0.3 is 16.0 Å². The molecule has 0 saturated carbocycles. The van der Waals surface area contributed by atoms with Gasteiger partial charge in [-0.1, -0.05) is 0 Å². The smallest absolute Gasteiger partial charge is 0.371 e. The number of nitrogens with zero attached hydrogens (tertiary/aromatic N) is 1. The van der Waals surface area contributed by atoms with Gasteiger partial charge in [-0.2, -0.15) is 13.2 Å². The molecule has 116 valence electrons. The van der Waals surface area contributed by atoms with E-state index < -0.39 is 18.0 Å². The molecule has 0 aliphatic rings. The van der Waals surface area contributed by atoms with E-state index in [9.17, 15) is 22.8 Å². The van der Waals surface area contributed by atoms with Gasteiger partial charge in [-0.25, -0.2) is 0 Å². The van der Waals surface area contributed by atoms with Gasteiger partial charge in [0, 0.05) is 24.5 Å².